The van der Waals surface area contributed by atoms with Gasteiger partial charge in [-0.25, -0.2) is 4.99 Å². The molecule has 0 aliphatic rings. The number of nitrogens with zero attached hydrogens (tertiary/aromatic N) is 2. The summed E-state index contributed by atoms with van der Waals surface area (Å²) in [6.45, 7) is 6.48. The zero-order chi connectivity index (χ0) is 5.54. The molecule has 0 aliphatic carbocycles. The zero-order valence-corrected chi connectivity index (χ0v) is 3.96. The van der Waals surface area contributed by atoms with Crippen LogP contribution in [0.15, 0.2) is 22.9 Å². The molecule has 1 N–H and O–H groups in total. The third kappa shape index (κ3) is 4.88. The molecular formula is C4H7N3. The van der Waals surface area contributed by atoms with Crippen molar-refractivity contribution < 1.29 is 0 Å². The Hall–Kier alpha value is -1.12. The van der Waals surface area contributed by atoms with Crippen molar-refractivity contribution in [2.24, 2.45) is 10.1 Å². The molecule has 3 nitrogen and oxygen atoms in total. The van der Waals surface area contributed by atoms with Crippen LogP contribution in [0.25, 0.3) is 0 Å². The van der Waals surface area contributed by atoms with Crippen LogP contribution in [0.1, 0.15) is 0 Å². The lowest BCUT2D eigenvalue weighted by molar-refractivity contribution is 1.07. The molecule has 0 heterocycles. The lowest BCUT2D eigenvalue weighted by Crippen LogP contribution is -1.97. The summed E-state index contributed by atoms with van der Waals surface area (Å²) in [6.07, 6.45) is 2.79. The van der Waals surface area contributed by atoms with Crippen LogP contribution in [-0.4, -0.2) is 13.1 Å². The fourth-order valence-electron chi connectivity index (χ4n) is 0.127. The molecule has 0 bridgehead atoms. The second kappa shape index (κ2) is 4.88. The molecule has 0 rings (SSSR count). The summed E-state index contributed by atoms with van der Waals surface area (Å²) in [7, 11) is 0. The number of aliphatic imine (C=N–C) groups is 1. The highest BCUT2D eigenvalue weighted by Crippen LogP contribution is 1.57. The van der Waals surface area contributed by atoms with Crippen molar-refractivity contribution in [1.82, 2.24) is 5.43 Å². The predicted octanol–water partition coefficient (Wildman–Crippen LogP) is 0.363. The minimum Gasteiger partial charge on any atom is -0.268 e. The molecule has 3 heteroatoms. The molecule has 0 saturated heterocycles. The molecule has 0 spiro atoms. The lowest BCUT2D eigenvalue weighted by Gasteiger charge is -1.78. The van der Waals surface area contributed by atoms with Gasteiger partial charge in [0.15, 0.2) is 0 Å². The monoisotopic (exact) mass is 97.1 g/mol. The summed E-state index contributed by atoms with van der Waals surface area (Å²) in [5.41, 5.74) is 2.40. The summed E-state index contributed by atoms with van der Waals surface area (Å²) >= 11 is 0. The third-order valence-electron chi connectivity index (χ3n) is 0.329. The van der Waals surface area contributed by atoms with Crippen LogP contribution >= 0.6 is 0 Å². The normalized spacial score (nSPS) is 8.57. The molecule has 7 heavy (non-hydrogen) atoms. The molecule has 0 aromatic rings. The number of rotatable bonds is 3. The minimum absolute atomic E-state index is 1.39. The summed E-state index contributed by atoms with van der Waals surface area (Å²) < 4.78 is 0. The molecule has 0 aliphatic heterocycles. The number of hydrogen-bond donors (Lipinski definition) is 1. The van der Waals surface area contributed by atoms with E-state index in [1.807, 2.05) is 0 Å². The van der Waals surface area contributed by atoms with Crippen LogP contribution in [0.5, 0.6) is 0 Å². The van der Waals surface area contributed by atoms with E-state index in [1.54, 1.807) is 0 Å². The van der Waals surface area contributed by atoms with E-state index in [9.17, 15) is 0 Å². The van der Waals surface area contributed by atoms with Crippen LogP contribution in [0.3, 0.4) is 0 Å². The largest absolute Gasteiger partial charge is 0.268 e. The Kier molecular flexibility index (Phi) is 4.10. The maximum Gasteiger partial charge on any atom is 0.108 e. The second-order valence-corrected chi connectivity index (χ2v) is 0.748. The maximum atomic E-state index is 3.56. The van der Waals surface area contributed by atoms with E-state index in [0.29, 0.717) is 0 Å². The summed E-state index contributed by atoms with van der Waals surface area (Å²) in [5, 5.41) is 3.28. The quantitative estimate of drug-likeness (QED) is 0.308. The standard InChI is InChI=1S/C4H7N3/c1-3-6-4-7-5-2/h3-4H,1-2H2,(H,6,7). The Balaban J connectivity index is 3.08. The highest BCUT2D eigenvalue weighted by Gasteiger charge is 1.54. The van der Waals surface area contributed by atoms with Crippen molar-refractivity contribution in [1.29, 1.82) is 0 Å². The van der Waals surface area contributed by atoms with Crippen molar-refractivity contribution >= 4 is 13.1 Å². The van der Waals surface area contributed by atoms with Gasteiger partial charge in [-0.3, -0.25) is 5.43 Å². The van der Waals surface area contributed by atoms with Gasteiger partial charge in [0.1, 0.15) is 6.34 Å². The topological polar surface area (TPSA) is 36.8 Å². The van der Waals surface area contributed by atoms with Crippen LogP contribution in [-0.2, 0) is 0 Å². The van der Waals surface area contributed by atoms with Gasteiger partial charge in [-0.1, -0.05) is 6.58 Å². The van der Waals surface area contributed by atoms with E-state index in [-0.39, 0.29) is 0 Å². The van der Waals surface area contributed by atoms with E-state index >= 15 is 0 Å². The van der Waals surface area contributed by atoms with Crippen molar-refractivity contribution in [3.05, 3.63) is 12.8 Å². The van der Waals surface area contributed by atoms with Crippen LogP contribution < -0.4 is 5.43 Å². The van der Waals surface area contributed by atoms with E-state index in [1.165, 1.54) is 12.5 Å². The van der Waals surface area contributed by atoms with Gasteiger partial charge in [0, 0.05) is 12.9 Å². The fourth-order valence-corrected chi connectivity index (χ4v) is 0.127. The summed E-state index contributed by atoms with van der Waals surface area (Å²) in [4.78, 5) is 3.56. The number of hydrazone groups is 1. The molecule has 0 amide bonds. The molecule has 0 aromatic heterocycles. The van der Waals surface area contributed by atoms with Gasteiger partial charge in [-0.05, 0) is 0 Å². The highest BCUT2D eigenvalue weighted by molar-refractivity contribution is 5.55. The molecule has 0 atom stereocenters. The lowest BCUT2D eigenvalue weighted by atomic mass is 11.0. The first-order chi connectivity index (χ1) is 3.41. The Morgan fingerprint density at radius 1 is 1.57 bits per heavy atom. The third-order valence-corrected chi connectivity index (χ3v) is 0.329. The van der Waals surface area contributed by atoms with E-state index in [0.717, 1.165) is 0 Å². The van der Waals surface area contributed by atoms with Gasteiger partial charge in [-0.2, -0.15) is 5.10 Å². The Bertz CT molecular complexity index is 84.9. The maximum absolute atomic E-state index is 3.56. The number of nitrogens with one attached hydrogen (secondary N) is 1. The van der Waals surface area contributed by atoms with Crippen molar-refractivity contribution in [3.8, 4) is 0 Å². The van der Waals surface area contributed by atoms with Gasteiger partial charge in [0.05, 0.1) is 0 Å². The summed E-state index contributed by atoms with van der Waals surface area (Å²) in [5.74, 6) is 0. The Morgan fingerprint density at radius 2 is 2.29 bits per heavy atom. The zero-order valence-electron chi connectivity index (χ0n) is 3.96. The van der Waals surface area contributed by atoms with Crippen LogP contribution in [0.2, 0.25) is 0 Å². The van der Waals surface area contributed by atoms with Crippen molar-refractivity contribution in [2.75, 3.05) is 0 Å². The van der Waals surface area contributed by atoms with Gasteiger partial charge in [-0.15, -0.1) is 0 Å². The fraction of sp³-hybridized carbons (Fsp3) is 0. The van der Waals surface area contributed by atoms with Crippen molar-refractivity contribution in [2.45, 2.75) is 0 Å². The highest BCUT2D eigenvalue weighted by atomic mass is 15.3. The molecule has 0 unspecified atom stereocenters. The first-order valence-electron chi connectivity index (χ1n) is 1.75. The smallest absolute Gasteiger partial charge is 0.108 e. The van der Waals surface area contributed by atoms with E-state index < -0.39 is 0 Å². The Labute approximate surface area is 42.5 Å². The molecular weight excluding hydrogens is 90.1 g/mol. The molecule has 38 valence electrons. The number of hydrogen-bond acceptors (Lipinski definition) is 2. The minimum atomic E-state index is 1.39. The van der Waals surface area contributed by atoms with Gasteiger partial charge in [0.25, 0.3) is 0 Å². The second-order valence-electron chi connectivity index (χ2n) is 0.748. The average Bonchev–Trinajstić information content (AvgIpc) is 1.69. The Morgan fingerprint density at radius 3 is 2.71 bits per heavy atom. The summed E-state index contributed by atoms with van der Waals surface area (Å²) in [6, 6.07) is 0. The molecule has 0 aromatic carbocycles. The van der Waals surface area contributed by atoms with E-state index in [2.05, 4.69) is 28.8 Å². The predicted molar refractivity (Wildman–Crippen MR) is 31.4 cm³/mol. The molecule has 0 saturated carbocycles. The van der Waals surface area contributed by atoms with E-state index in [4.69, 9.17) is 0 Å². The first kappa shape index (κ1) is 5.88. The van der Waals surface area contributed by atoms with Gasteiger partial charge >= 0.3 is 0 Å². The van der Waals surface area contributed by atoms with Gasteiger partial charge in [0.2, 0.25) is 0 Å². The van der Waals surface area contributed by atoms with Gasteiger partial charge < -0.3 is 0 Å². The van der Waals surface area contributed by atoms with Crippen molar-refractivity contribution in [3.63, 3.8) is 0 Å². The molecule has 0 radical (unpaired) electrons. The van der Waals surface area contributed by atoms with Crippen LogP contribution in [0, 0.1) is 0 Å². The first-order valence-corrected chi connectivity index (χ1v) is 1.75. The molecule has 0 fully saturated rings. The van der Waals surface area contributed by atoms with Crippen LogP contribution in [0.4, 0.5) is 0 Å². The average molecular weight is 97.1 g/mol. The SMILES string of the molecule is C=CN=CNN=C.